The van der Waals surface area contributed by atoms with E-state index in [9.17, 15) is 18.3 Å². The molecule has 2 N–H and O–H groups in total. The lowest BCUT2D eigenvalue weighted by Gasteiger charge is -2.16. The van der Waals surface area contributed by atoms with E-state index in [2.05, 4.69) is 4.72 Å². The van der Waals surface area contributed by atoms with E-state index in [1.165, 1.54) is 0 Å². The van der Waals surface area contributed by atoms with Gasteiger partial charge >= 0.3 is 5.97 Å². The van der Waals surface area contributed by atoms with Crippen molar-refractivity contribution in [1.29, 1.82) is 0 Å². The van der Waals surface area contributed by atoms with Gasteiger partial charge in [0.05, 0.1) is 11.9 Å². The average Bonchev–Trinajstić information content (AvgIpc) is 2.91. The minimum Gasteiger partial charge on any atom is -0.480 e. The van der Waals surface area contributed by atoms with Crippen molar-refractivity contribution in [2.75, 3.05) is 12.4 Å². The smallest absolute Gasteiger partial charge is 0.322 e. The Kier molecular flexibility index (Phi) is 5.33. The molecule has 1 aliphatic rings. The van der Waals surface area contributed by atoms with Gasteiger partial charge in [-0.25, -0.2) is 13.1 Å². The molecule has 1 aromatic carbocycles. The van der Waals surface area contributed by atoms with Crippen molar-refractivity contribution in [1.82, 2.24) is 4.72 Å². The van der Waals surface area contributed by atoms with Crippen LogP contribution in [0.2, 0.25) is 0 Å². The molecule has 0 saturated carbocycles. The van der Waals surface area contributed by atoms with Crippen molar-refractivity contribution in [3.05, 3.63) is 35.9 Å². The van der Waals surface area contributed by atoms with Crippen LogP contribution in [0.25, 0.3) is 0 Å². The molecule has 21 heavy (non-hydrogen) atoms. The Labute approximate surface area is 124 Å². The summed E-state index contributed by atoms with van der Waals surface area (Å²) in [6.07, 6.45) is 1.30. The predicted octanol–water partition coefficient (Wildman–Crippen LogP) is 0.781. The van der Waals surface area contributed by atoms with Gasteiger partial charge in [-0.1, -0.05) is 30.3 Å². The van der Waals surface area contributed by atoms with Gasteiger partial charge in [-0.15, -0.1) is 0 Å². The average molecular weight is 313 g/mol. The molecule has 2 atom stereocenters. The third kappa shape index (κ3) is 5.11. The molecule has 1 aromatic rings. The largest absolute Gasteiger partial charge is 0.480 e. The maximum atomic E-state index is 12.0. The Morgan fingerprint density at radius 3 is 2.67 bits per heavy atom. The number of nitrogens with one attached hydrogen (secondary N) is 1. The van der Waals surface area contributed by atoms with Crippen LogP contribution in [0.1, 0.15) is 18.4 Å². The standard InChI is InChI=1S/C14H19NO5S/c16-14(17)13(9-11-5-2-1-3-6-11)15-21(18,19)10-12-7-4-8-20-12/h1-3,5-6,12-13,15H,4,7-10H2,(H,16,17)/t12?,13-/m0/s1. The van der Waals surface area contributed by atoms with E-state index >= 15 is 0 Å². The van der Waals surface area contributed by atoms with Gasteiger partial charge in [0.25, 0.3) is 0 Å². The number of ether oxygens (including phenoxy) is 1. The number of rotatable bonds is 7. The van der Waals surface area contributed by atoms with Crippen LogP contribution >= 0.6 is 0 Å². The fourth-order valence-corrected chi connectivity index (χ4v) is 3.78. The molecule has 0 aromatic heterocycles. The summed E-state index contributed by atoms with van der Waals surface area (Å²) in [5.74, 6) is -1.37. The number of benzene rings is 1. The second-order valence-corrected chi connectivity index (χ2v) is 6.91. The fourth-order valence-electron chi connectivity index (χ4n) is 2.31. The van der Waals surface area contributed by atoms with E-state index < -0.39 is 22.0 Å². The molecule has 1 aliphatic heterocycles. The zero-order valence-corrected chi connectivity index (χ0v) is 12.4. The SMILES string of the molecule is O=C(O)[C@H](Cc1ccccc1)NS(=O)(=O)CC1CCCO1. The number of carboxylic acids is 1. The zero-order chi connectivity index (χ0) is 15.3. The fraction of sp³-hybridized carbons (Fsp3) is 0.500. The molecule has 0 amide bonds. The molecule has 1 saturated heterocycles. The van der Waals surface area contributed by atoms with Crippen LogP contribution in [0.3, 0.4) is 0 Å². The monoisotopic (exact) mass is 313 g/mol. The molecule has 2 rings (SSSR count). The van der Waals surface area contributed by atoms with E-state index in [0.717, 1.165) is 12.0 Å². The minimum absolute atomic E-state index is 0.112. The Bertz CT molecular complexity index is 566. The molecular formula is C14H19NO5S. The van der Waals surface area contributed by atoms with E-state index in [-0.39, 0.29) is 18.3 Å². The molecule has 0 radical (unpaired) electrons. The Morgan fingerprint density at radius 2 is 2.10 bits per heavy atom. The molecule has 0 spiro atoms. The van der Waals surface area contributed by atoms with Crippen LogP contribution in [0.15, 0.2) is 30.3 Å². The number of carboxylic acid groups (broad SMARTS) is 1. The van der Waals surface area contributed by atoms with Gasteiger partial charge in [0.2, 0.25) is 10.0 Å². The van der Waals surface area contributed by atoms with Crippen LogP contribution in [-0.4, -0.2) is 44.0 Å². The highest BCUT2D eigenvalue weighted by atomic mass is 32.2. The van der Waals surface area contributed by atoms with E-state index in [0.29, 0.717) is 13.0 Å². The highest BCUT2D eigenvalue weighted by Crippen LogP contribution is 2.14. The highest BCUT2D eigenvalue weighted by Gasteiger charge is 2.28. The van der Waals surface area contributed by atoms with Crippen LogP contribution in [0.4, 0.5) is 0 Å². The molecule has 0 bridgehead atoms. The van der Waals surface area contributed by atoms with Gasteiger partial charge in [0, 0.05) is 6.61 Å². The number of aliphatic carboxylic acids is 1. The Balaban J connectivity index is 2.00. The Morgan fingerprint density at radius 1 is 1.38 bits per heavy atom. The van der Waals surface area contributed by atoms with Gasteiger partial charge in [0.1, 0.15) is 6.04 Å². The van der Waals surface area contributed by atoms with Gasteiger partial charge in [0.15, 0.2) is 0 Å². The number of carbonyl (C=O) groups is 1. The van der Waals surface area contributed by atoms with Crippen LogP contribution in [0.5, 0.6) is 0 Å². The maximum absolute atomic E-state index is 12.0. The lowest BCUT2D eigenvalue weighted by Crippen LogP contribution is -2.44. The number of sulfonamides is 1. The van der Waals surface area contributed by atoms with Crippen molar-refractivity contribution in [2.45, 2.75) is 31.4 Å². The molecule has 1 fully saturated rings. The molecule has 116 valence electrons. The lowest BCUT2D eigenvalue weighted by molar-refractivity contribution is -0.138. The minimum atomic E-state index is -3.69. The number of hydrogen-bond acceptors (Lipinski definition) is 4. The first kappa shape index (κ1) is 15.9. The van der Waals surface area contributed by atoms with E-state index in [4.69, 9.17) is 4.74 Å². The maximum Gasteiger partial charge on any atom is 0.322 e. The summed E-state index contributed by atoms with van der Waals surface area (Å²) in [6, 6.07) is 7.76. The normalized spacial score (nSPS) is 20.3. The second-order valence-electron chi connectivity index (χ2n) is 5.11. The van der Waals surface area contributed by atoms with E-state index in [1.54, 1.807) is 24.3 Å². The Hall–Kier alpha value is -1.44. The van der Waals surface area contributed by atoms with Crippen molar-refractivity contribution in [3.63, 3.8) is 0 Å². The molecule has 6 nitrogen and oxygen atoms in total. The van der Waals surface area contributed by atoms with Crippen molar-refractivity contribution in [3.8, 4) is 0 Å². The quantitative estimate of drug-likeness (QED) is 0.776. The van der Waals surface area contributed by atoms with Gasteiger partial charge < -0.3 is 9.84 Å². The molecule has 1 heterocycles. The topological polar surface area (TPSA) is 92.7 Å². The van der Waals surface area contributed by atoms with Crippen LogP contribution in [-0.2, 0) is 26.0 Å². The third-order valence-electron chi connectivity index (χ3n) is 3.33. The summed E-state index contributed by atoms with van der Waals surface area (Å²) in [5.41, 5.74) is 0.768. The lowest BCUT2D eigenvalue weighted by atomic mass is 10.1. The third-order valence-corrected chi connectivity index (χ3v) is 4.79. The summed E-state index contributed by atoms with van der Waals surface area (Å²) in [7, 11) is -3.69. The first-order valence-corrected chi connectivity index (χ1v) is 8.50. The van der Waals surface area contributed by atoms with Gasteiger partial charge in [-0.05, 0) is 24.8 Å². The molecule has 0 aliphatic carbocycles. The predicted molar refractivity (Wildman–Crippen MR) is 77.5 cm³/mol. The summed E-state index contributed by atoms with van der Waals surface area (Å²) in [6.45, 7) is 0.562. The summed E-state index contributed by atoms with van der Waals surface area (Å²) in [5, 5.41) is 9.20. The van der Waals surface area contributed by atoms with Gasteiger partial charge in [-0.3, -0.25) is 4.79 Å². The highest BCUT2D eigenvalue weighted by molar-refractivity contribution is 7.89. The molecule has 7 heteroatoms. The van der Waals surface area contributed by atoms with Crippen molar-refractivity contribution >= 4 is 16.0 Å². The molecule has 1 unspecified atom stereocenters. The zero-order valence-electron chi connectivity index (χ0n) is 11.6. The molecular weight excluding hydrogens is 294 g/mol. The van der Waals surface area contributed by atoms with Gasteiger partial charge in [-0.2, -0.15) is 0 Å². The first-order chi connectivity index (χ1) is 9.96. The van der Waals surface area contributed by atoms with E-state index in [1.807, 2.05) is 6.07 Å². The summed E-state index contributed by atoms with van der Waals surface area (Å²) in [4.78, 5) is 11.3. The van der Waals surface area contributed by atoms with Crippen LogP contribution < -0.4 is 4.72 Å². The van der Waals surface area contributed by atoms with Crippen molar-refractivity contribution < 1.29 is 23.1 Å². The van der Waals surface area contributed by atoms with Crippen molar-refractivity contribution in [2.24, 2.45) is 0 Å². The first-order valence-electron chi connectivity index (χ1n) is 6.84. The van der Waals surface area contributed by atoms with Crippen LogP contribution in [0, 0.1) is 0 Å². The second kappa shape index (κ2) is 7.02. The summed E-state index contributed by atoms with van der Waals surface area (Å²) >= 11 is 0. The number of hydrogen-bond donors (Lipinski definition) is 2. The summed E-state index contributed by atoms with van der Waals surface area (Å²) < 4.78 is 31.6.